The van der Waals surface area contributed by atoms with Gasteiger partial charge in [-0.1, -0.05) is 91.5 Å². The molecule has 1 saturated carbocycles. The third-order valence-electron chi connectivity index (χ3n) is 8.73. The SMILES string of the molecule is COc1ccc(S(=O)(=O)N(CC(=O)N(Cc2cccc(Cl)c2)[C@@H](Cc2ccccc2)C(=O)NC2CCCCC2)c2ccccc2)cc1OC. The van der Waals surface area contributed by atoms with Crippen LogP contribution < -0.4 is 19.1 Å². The van der Waals surface area contributed by atoms with E-state index in [1.54, 1.807) is 48.5 Å². The molecule has 0 radical (unpaired) electrons. The minimum absolute atomic E-state index is 0.00823. The smallest absolute Gasteiger partial charge is 0.264 e. The summed E-state index contributed by atoms with van der Waals surface area (Å²) in [6.45, 7) is -0.530. The summed E-state index contributed by atoms with van der Waals surface area (Å²) in [5.74, 6) is -0.232. The number of nitrogens with one attached hydrogen (secondary N) is 1. The van der Waals surface area contributed by atoms with Gasteiger partial charge in [-0.2, -0.15) is 0 Å². The number of sulfonamides is 1. The van der Waals surface area contributed by atoms with E-state index in [1.165, 1.54) is 37.3 Å². The highest BCUT2D eigenvalue weighted by atomic mass is 35.5. The van der Waals surface area contributed by atoms with E-state index in [4.69, 9.17) is 21.1 Å². The molecular formula is C38H42ClN3O6S. The summed E-state index contributed by atoms with van der Waals surface area (Å²) in [6.07, 6.45) is 5.16. The van der Waals surface area contributed by atoms with Crippen molar-refractivity contribution in [1.82, 2.24) is 10.2 Å². The van der Waals surface area contributed by atoms with Crippen LogP contribution in [0.3, 0.4) is 0 Å². The number of carbonyl (C=O) groups is 2. The van der Waals surface area contributed by atoms with Crippen LogP contribution in [0.15, 0.2) is 108 Å². The van der Waals surface area contributed by atoms with Crippen LogP contribution in [0.5, 0.6) is 11.5 Å². The van der Waals surface area contributed by atoms with E-state index >= 15 is 0 Å². The summed E-state index contributed by atoms with van der Waals surface area (Å²) in [5.41, 5.74) is 1.87. The lowest BCUT2D eigenvalue weighted by molar-refractivity contribution is -0.140. The number of anilines is 1. The Morgan fingerprint density at radius 2 is 1.47 bits per heavy atom. The van der Waals surface area contributed by atoms with Gasteiger partial charge in [0.15, 0.2) is 11.5 Å². The number of hydrogen-bond donors (Lipinski definition) is 1. The molecule has 0 unspecified atom stereocenters. The number of ether oxygens (including phenoxy) is 2. The van der Waals surface area contributed by atoms with Crippen molar-refractivity contribution >= 4 is 39.1 Å². The van der Waals surface area contributed by atoms with Gasteiger partial charge in [0, 0.05) is 30.1 Å². The van der Waals surface area contributed by atoms with Crippen LogP contribution in [0, 0.1) is 0 Å². The molecule has 5 rings (SSSR count). The Labute approximate surface area is 293 Å². The Morgan fingerprint density at radius 1 is 0.816 bits per heavy atom. The van der Waals surface area contributed by atoms with Crippen LogP contribution in [0.1, 0.15) is 43.2 Å². The first kappa shape index (κ1) is 35.8. The molecule has 258 valence electrons. The highest BCUT2D eigenvalue weighted by molar-refractivity contribution is 7.92. The highest BCUT2D eigenvalue weighted by Gasteiger charge is 2.35. The predicted octanol–water partition coefficient (Wildman–Crippen LogP) is 6.64. The van der Waals surface area contributed by atoms with Crippen molar-refractivity contribution in [2.45, 2.75) is 62.0 Å². The average Bonchev–Trinajstić information content (AvgIpc) is 3.12. The maximum Gasteiger partial charge on any atom is 0.264 e. The van der Waals surface area contributed by atoms with E-state index in [-0.39, 0.29) is 35.6 Å². The second-order valence-corrected chi connectivity index (χ2v) is 14.4. The molecule has 0 bridgehead atoms. The number of hydrogen-bond acceptors (Lipinski definition) is 6. The first-order valence-electron chi connectivity index (χ1n) is 16.4. The number of para-hydroxylation sites is 1. The maximum atomic E-state index is 14.7. The molecule has 49 heavy (non-hydrogen) atoms. The van der Waals surface area contributed by atoms with Crippen LogP contribution in [-0.4, -0.2) is 58.0 Å². The quantitative estimate of drug-likeness (QED) is 0.158. The summed E-state index contributed by atoms with van der Waals surface area (Å²) in [7, 11) is -1.43. The Balaban J connectivity index is 1.56. The molecule has 1 aliphatic rings. The van der Waals surface area contributed by atoms with Crippen LogP contribution >= 0.6 is 11.6 Å². The van der Waals surface area contributed by atoms with Gasteiger partial charge in [-0.15, -0.1) is 0 Å². The van der Waals surface area contributed by atoms with Gasteiger partial charge in [-0.05, 0) is 60.4 Å². The van der Waals surface area contributed by atoms with E-state index in [0.717, 1.165) is 42.0 Å². The zero-order valence-corrected chi connectivity index (χ0v) is 29.3. The van der Waals surface area contributed by atoms with Gasteiger partial charge >= 0.3 is 0 Å². The fourth-order valence-electron chi connectivity index (χ4n) is 6.16. The van der Waals surface area contributed by atoms with Crippen molar-refractivity contribution in [3.8, 4) is 11.5 Å². The van der Waals surface area contributed by atoms with E-state index < -0.39 is 28.5 Å². The molecule has 11 heteroatoms. The molecule has 2 amide bonds. The van der Waals surface area contributed by atoms with Gasteiger partial charge in [-0.3, -0.25) is 13.9 Å². The van der Waals surface area contributed by atoms with E-state index in [9.17, 15) is 18.0 Å². The second-order valence-electron chi connectivity index (χ2n) is 12.1. The summed E-state index contributed by atoms with van der Waals surface area (Å²) in [6, 6.07) is 28.4. The van der Waals surface area contributed by atoms with Crippen molar-refractivity contribution < 1.29 is 27.5 Å². The van der Waals surface area contributed by atoms with E-state index in [1.807, 2.05) is 36.4 Å². The molecule has 1 fully saturated rings. The van der Waals surface area contributed by atoms with Crippen LogP contribution in [-0.2, 0) is 32.6 Å². The Kier molecular flexibility index (Phi) is 12.2. The van der Waals surface area contributed by atoms with Gasteiger partial charge in [0.05, 0.1) is 24.8 Å². The number of nitrogens with zero attached hydrogens (tertiary/aromatic N) is 2. The van der Waals surface area contributed by atoms with Crippen LogP contribution in [0.4, 0.5) is 5.69 Å². The lowest BCUT2D eigenvalue weighted by atomic mass is 9.94. The fourth-order valence-corrected chi connectivity index (χ4v) is 7.80. The van der Waals surface area contributed by atoms with Gasteiger partial charge in [0.2, 0.25) is 11.8 Å². The monoisotopic (exact) mass is 703 g/mol. The third-order valence-corrected chi connectivity index (χ3v) is 10.7. The fraction of sp³-hybridized carbons (Fsp3) is 0.316. The summed E-state index contributed by atoms with van der Waals surface area (Å²) in [5, 5.41) is 3.70. The first-order valence-corrected chi connectivity index (χ1v) is 18.2. The summed E-state index contributed by atoms with van der Waals surface area (Å²) in [4.78, 5) is 30.3. The lowest BCUT2D eigenvalue weighted by Gasteiger charge is -2.35. The zero-order chi connectivity index (χ0) is 34.8. The Morgan fingerprint density at radius 3 is 2.12 bits per heavy atom. The second kappa shape index (κ2) is 16.7. The number of benzene rings is 4. The first-order chi connectivity index (χ1) is 23.7. The lowest BCUT2D eigenvalue weighted by Crippen LogP contribution is -2.55. The van der Waals surface area contributed by atoms with E-state index in [0.29, 0.717) is 22.0 Å². The van der Waals surface area contributed by atoms with Gasteiger partial charge in [-0.25, -0.2) is 8.42 Å². The van der Waals surface area contributed by atoms with Crippen molar-refractivity contribution in [1.29, 1.82) is 0 Å². The minimum Gasteiger partial charge on any atom is -0.493 e. The molecule has 4 aromatic rings. The van der Waals surface area contributed by atoms with Crippen molar-refractivity contribution in [2.75, 3.05) is 25.1 Å². The molecule has 0 heterocycles. The Hall–Kier alpha value is -4.54. The summed E-state index contributed by atoms with van der Waals surface area (Å²) >= 11 is 6.36. The number of carbonyl (C=O) groups excluding carboxylic acids is 2. The van der Waals surface area contributed by atoms with Crippen molar-refractivity contribution in [3.05, 3.63) is 119 Å². The topological polar surface area (TPSA) is 105 Å². The number of amides is 2. The number of rotatable bonds is 14. The van der Waals surface area contributed by atoms with Crippen molar-refractivity contribution in [2.24, 2.45) is 0 Å². The van der Waals surface area contributed by atoms with Gasteiger partial charge in [0.1, 0.15) is 12.6 Å². The molecular weight excluding hydrogens is 662 g/mol. The average molecular weight is 704 g/mol. The molecule has 9 nitrogen and oxygen atoms in total. The molecule has 0 saturated heterocycles. The van der Waals surface area contributed by atoms with Crippen LogP contribution in [0.25, 0.3) is 0 Å². The third kappa shape index (κ3) is 9.13. The van der Waals surface area contributed by atoms with Gasteiger partial charge < -0.3 is 19.7 Å². The van der Waals surface area contributed by atoms with Crippen LogP contribution in [0.2, 0.25) is 5.02 Å². The predicted molar refractivity (Wildman–Crippen MR) is 191 cm³/mol. The largest absolute Gasteiger partial charge is 0.493 e. The molecule has 0 spiro atoms. The standard InChI is InChI=1S/C38H42ClN3O6S/c1-47-35-22-21-33(25-36(35)48-2)49(45,46)42(32-19-10-5-11-20-32)27-37(43)41(26-29-15-12-16-30(39)23-29)34(24-28-13-6-3-7-14-28)38(44)40-31-17-8-4-9-18-31/h3,5-7,10-16,19-23,25,31,34H,4,8-9,17-18,24,26-27H2,1-2H3,(H,40,44)/t34-/m0/s1. The van der Waals surface area contributed by atoms with Gasteiger partial charge in [0.25, 0.3) is 10.0 Å². The highest BCUT2D eigenvalue weighted by Crippen LogP contribution is 2.32. The molecule has 1 aliphatic carbocycles. The number of methoxy groups -OCH3 is 2. The zero-order valence-electron chi connectivity index (χ0n) is 27.8. The number of halogens is 1. The Bertz CT molecular complexity index is 1820. The van der Waals surface area contributed by atoms with E-state index in [2.05, 4.69) is 5.32 Å². The molecule has 1 atom stereocenters. The molecule has 0 aliphatic heterocycles. The maximum absolute atomic E-state index is 14.7. The van der Waals surface area contributed by atoms with Crippen molar-refractivity contribution in [3.63, 3.8) is 0 Å². The minimum atomic E-state index is -4.32. The molecule has 4 aromatic carbocycles. The normalized spacial score (nSPS) is 14.0. The molecule has 1 N–H and O–H groups in total. The molecule has 0 aromatic heterocycles. The summed E-state index contributed by atoms with van der Waals surface area (Å²) < 4.78 is 40.5.